The summed E-state index contributed by atoms with van der Waals surface area (Å²) in [5.41, 5.74) is 1.63. The van der Waals surface area contributed by atoms with Crippen LogP contribution in [0.1, 0.15) is 66.4 Å². The van der Waals surface area contributed by atoms with E-state index in [9.17, 15) is 13.6 Å². The SMILES string of the molecule is C#CC(Nc1nc(C)nc(CC(=O)OC)c1C1OCCO1)c1cccc(C(F)F)c1C.CC. The van der Waals surface area contributed by atoms with Gasteiger partial charge in [0.15, 0.2) is 6.29 Å². The summed E-state index contributed by atoms with van der Waals surface area (Å²) in [5.74, 6) is 2.80. The largest absolute Gasteiger partial charge is 0.469 e. The van der Waals surface area contributed by atoms with Crippen molar-refractivity contribution in [3.8, 4) is 12.3 Å². The third-order valence-corrected chi connectivity index (χ3v) is 4.94. The summed E-state index contributed by atoms with van der Waals surface area (Å²) < 4.78 is 42.7. The van der Waals surface area contributed by atoms with Crippen molar-refractivity contribution in [2.24, 2.45) is 0 Å². The van der Waals surface area contributed by atoms with E-state index >= 15 is 0 Å². The van der Waals surface area contributed by atoms with Gasteiger partial charge in [-0.1, -0.05) is 38.0 Å². The van der Waals surface area contributed by atoms with Crippen molar-refractivity contribution in [2.75, 3.05) is 25.6 Å². The Balaban J connectivity index is 0.00000187. The Morgan fingerprint density at radius 3 is 2.45 bits per heavy atom. The smallest absolute Gasteiger partial charge is 0.311 e. The summed E-state index contributed by atoms with van der Waals surface area (Å²) in [6.07, 6.45) is 2.21. The predicted octanol–water partition coefficient (Wildman–Crippen LogP) is 4.60. The number of methoxy groups -OCH3 is 1. The molecule has 3 rings (SSSR count). The van der Waals surface area contributed by atoms with Crippen LogP contribution in [0.25, 0.3) is 0 Å². The fourth-order valence-corrected chi connectivity index (χ4v) is 3.43. The van der Waals surface area contributed by atoms with E-state index in [1.807, 2.05) is 13.8 Å². The van der Waals surface area contributed by atoms with Gasteiger partial charge in [0, 0.05) is 5.56 Å². The number of ether oxygens (including phenoxy) is 3. The first-order valence-corrected chi connectivity index (χ1v) is 10.6. The normalized spacial score (nSPS) is 14.3. The molecule has 7 nitrogen and oxygen atoms in total. The topological polar surface area (TPSA) is 82.6 Å². The molecule has 0 aliphatic carbocycles. The number of terminal acetylenes is 1. The minimum atomic E-state index is -2.62. The van der Waals surface area contributed by atoms with E-state index in [4.69, 9.17) is 20.6 Å². The molecule has 0 spiro atoms. The molecule has 1 aromatic carbocycles. The molecule has 1 aliphatic heterocycles. The Kier molecular flexibility index (Phi) is 9.70. The highest BCUT2D eigenvalue weighted by Crippen LogP contribution is 2.35. The van der Waals surface area contributed by atoms with Gasteiger partial charge in [-0.25, -0.2) is 18.7 Å². The number of hydrogen-bond donors (Lipinski definition) is 1. The molecule has 1 fully saturated rings. The van der Waals surface area contributed by atoms with Gasteiger partial charge in [0.05, 0.1) is 38.0 Å². The number of aryl methyl sites for hydroxylation is 1. The van der Waals surface area contributed by atoms with Crippen molar-refractivity contribution in [3.05, 3.63) is 52.0 Å². The molecule has 2 aromatic rings. The summed E-state index contributed by atoms with van der Waals surface area (Å²) in [6, 6.07) is 3.82. The number of rotatable bonds is 7. The number of carbonyl (C=O) groups excluding carboxylic acids is 1. The first kappa shape index (κ1) is 26.2. The number of aromatic nitrogens is 2. The van der Waals surface area contributed by atoms with Crippen LogP contribution in [0, 0.1) is 26.2 Å². The van der Waals surface area contributed by atoms with Crippen LogP contribution >= 0.6 is 0 Å². The quantitative estimate of drug-likeness (QED) is 0.476. The Labute approximate surface area is 192 Å². The Bertz CT molecular complexity index is 1000. The zero-order valence-electron chi connectivity index (χ0n) is 19.4. The second kappa shape index (κ2) is 12.2. The minimum Gasteiger partial charge on any atom is -0.469 e. The van der Waals surface area contributed by atoms with Crippen molar-refractivity contribution in [1.82, 2.24) is 9.97 Å². The first-order valence-electron chi connectivity index (χ1n) is 10.6. The lowest BCUT2D eigenvalue weighted by Gasteiger charge is -2.23. The molecule has 1 aliphatic rings. The molecular weight excluding hydrogens is 432 g/mol. The molecule has 0 bridgehead atoms. The zero-order chi connectivity index (χ0) is 24.5. The van der Waals surface area contributed by atoms with Crippen LogP contribution in [0.15, 0.2) is 18.2 Å². The van der Waals surface area contributed by atoms with Gasteiger partial charge < -0.3 is 19.5 Å². The van der Waals surface area contributed by atoms with E-state index < -0.39 is 24.7 Å². The first-order chi connectivity index (χ1) is 15.8. The molecular formula is C24H29F2N3O4. The fraction of sp³-hybridized carbons (Fsp3) is 0.458. The number of nitrogens with one attached hydrogen (secondary N) is 1. The number of carbonyl (C=O) groups is 1. The minimum absolute atomic E-state index is 0.0903. The molecule has 1 aromatic heterocycles. The van der Waals surface area contributed by atoms with Crippen LogP contribution in [0.4, 0.5) is 14.6 Å². The van der Waals surface area contributed by atoms with E-state index in [0.29, 0.717) is 47.2 Å². The van der Waals surface area contributed by atoms with Gasteiger partial charge in [-0.3, -0.25) is 4.79 Å². The average Bonchev–Trinajstić information content (AvgIpc) is 3.33. The van der Waals surface area contributed by atoms with Gasteiger partial charge in [0.1, 0.15) is 17.7 Å². The van der Waals surface area contributed by atoms with Crippen molar-refractivity contribution in [1.29, 1.82) is 0 Å². The van der Waals surface area contributed by atoms with Crippen LogP contribution in [0.3, 0.4) is 0 Å². The van der Waals surface area contributed by atoms with E-state index in [0.717, 1.165) is 0 Å². The van der Waals surface area contributed by atoms with E-state index in [-0.39, 0.29) is 12.0 Å². The highest BCUT2D eigenvalue weighted by atomic mass is 19.3. The Morgan fingerprint density at radius 1 is 1.24 bits per heavy atom. The zero-order valence-corrected chi connectivity index (χ0v) is 19.4. The van der Waals surface area contributed by atoms with Crippen LogP contribution < -0.4 is 5.32 Å². The van der Waals surface area contributed by atoms with Crippen LogP contribution in [-0.4, -0.2) is 36.3 Å². The summed E-state index contributed by atoms with van der Waals surface area (Å²) in [7, 11) is 1.28. The van der Waals surface area contributed by atoms with Crippen molar-refractivity contribution < 1.29 is 27.8 Å². The molecule has 178 valence electrons. The molecule has 0 amide bonds. The number of halogens is 2. The summed E-state index contributed by atoms with van der Waals surface area (Å²) >= 11 is 0. The van der Waals surface area contributed by atoms with Crippen LogP contribution in [-0.2, 0) is 25.4 Å². The molecule has 1 unspecified atom stereocenters. The molecule has 2 heterocycles. The van der Waals surface area contributed by atoms with Crippen molar-refractivity contribution in [2.45, 2.75) is 52.9 Å². The average molecular weight is 462 g/mol. The number of alkyl halides is 2. The van der Waals surface area contributed by atoms with Gasteiger partial charge in [0.25, 0.3) is 6.43 Å². The van der Waals surface area contributed by atoms with E-state index in [2.05, 4.69) is 21.2 Å². The highest BCUT2D eigenvalue weighted by Gasteiger charge is 2.29. The van der Waals surface area contributed by atoms with E-state index in [1.54, 1.807) is 19.9 Å². The predicted molar refractivity (Wildman–Crippen MR) is 120 cm³/mol. The maximum Gasteiger partial charge on any atom is 0.311 e. The number of benzene rings is 1. The lowest BCUT2D eigenvalue weighted by molar-refractivity contribution is -0.139. The van der Waals surface area contributed by atoms with Gasteiger partial charge in [0.2, 0.25) is 0 Å². The molecule has 33 heavy (non-hydrogen) atoms. The lowest BCUT2D eigenvalue weighted by Crippen LogP contribution is -2.19. The summed E-state index contributed by atoms with van der Waals surface area (Å²) in [6.45, 7) is 7.99. The highest BCUT2D eigenvalue weighted by molar-refractivity contribution is 5.73. The second-order valence-electron chi connectivity index (χ2n) is 6.91. The van der Waals surface area contributed by atoms with Gasteiger partial charge >= 0.3 is 5.97 Å². The molecule has 1 N–H and O–H groups in total. The summed E-state index contributed by atoms with van der Waals surface area (Å²) in [5, 5.41) is 3.13. The molecule has 0 radical (unpaired) electrons. The number of anilines is 1. The van der Waals surface area contributed by atoms with E-state index in [1.165, 1.54) is 19.2 Å². The van der Waals surface area contributed by atoms with Gasteiger partial charge in [-0.15, -0.1) is 6.42 Å². The fourth-order valence-electron chi connectivity index (χ4n) is 3.43. The Hall–Kier alpha value is -3.09. The van der Waals surface area contributed by atoms with Gasteiger partial charge in [-0.05, 0) is 25.0 Å². The summed E-state index contributed by atoms with van der Waals surface area (Å²) in [4.78, 5) is 20.7. The third kappa shape index (κ3) is 6.24. The van der Waals surface area contributed by atoms with Crippen molar-refractivity contribution in [3.63, 3.8) is 0 Å². The van der Waals surface area contributed by atoms with Crippen LogP contribution in [0.5, 0.6) is 0 Å². The third-order valence-electron chi connectivity index (χ3n) is 4.94. The lowest BCUT2D eigenvalue weighted by atomic mass is 9.97. The second-order valence-corrected chi connectivity index (χ2v) is 6.91. The number of hydrogen-bond acceptors (Lipinski definition) is 7. The molecule has 0 saturated carbocycles. The number of esters is 1. The molecule has 1 atom stereocenters. The van der Waals surface area contributed by atoms with Crippen molar-refractivity contribution >= 4 is 11.8 Å². The standard InChI is InChI=1S/C22H23F2N3O4.C2H6/c1-5-16(14-7-6-8-15(12(14)2)20(23)24)27-21-19(22-30-9-10-31-22)17(11-18(28)29-4)25-13(3)26-21;1-2/h1,6-8,16,20,22H,9-11H2,2-4H3,(H,25,26,27);1-2H3. The maximum atomic E-state index is 13.4. The molecule has 1 saturated heterocycles. The Morgan fingerprint density at radius 2 is 1.88 bits per heavy atom. The maximum absolute atomic E-state index is 13.4. The van der Waals surface area contributed by atoms with Crippen LogP contribution in [0.2, 0.25) is 0 Å². The number of nitrogens with zero attached hydrogens (tertiary/aromatic N) is 2. The van der Waals surface area contributed by atoms with Gasteiger partial charge in [-0.2, -0.15) is 0 Å². The monoisotopic (exact) mass is 461 g/mol. The molecule has 9 heteroatoms.